The Balaban J connectivity index is 1.88. The fraction of sp³-hybridized carbons (Fsp3) is 0.333. The van der Waals surface area contributed by atoms with Crippen LogP contribution < -0.4 is 15.9 Å². The number of nitrogen functional groups attached to an aromatic ring is 1. The van der Waals surface area contributed by atoms with Gasteiger partial charge >= 0.3 is 4.87 Å². The molecule has 0 bridgehead atoms. The third-order valence-electron chi connectivity index (χ3n) is 3.30. The summed E-state index contributed by atoms with van der Waals surface area (Å²) in [6, 6.07) is 5.43. The van der Waals surface area contributed by atoms with E-state index in [2.05, 4.69) is 5.32 Å². The third-order valence-corrected chi connectivity index (χ3v) is 4.18. The molecular weight excluding hydrogens is 286 g/mol. The summed E-state index contributed by atoms with van der Waals surface area (Å²) in [7, 11) is 0. The highest BCUT2D eigenvalue weighted by Gasteiger charge is 2.07. The van der Waals surface area contributed by atoms with Crippen molar-refractivity contribution in [2.24, 2.45) is 0 Å². The quantitative estimate of drug-likeness (QED) is 0.833. The summed E-state index contributed by atoms with van der Waals surface area (Å²) in [4.78, 5) is 23.5. The van der Waals surface area contributed by atoms with Crippen LogP contribution in [0.4, 0.5) is 11.4 Å². The predicted molar refractivity (Wildman–Crippen MR) is 86.8 cm³/mol. The van der Waals surface area contributed by atoms with Crippen LogP contribution >= 0.6 is 11.3 Å². The Morgan fingerprint density at radius 3 is 2.81 bits per heavy atom. The van der Waals surface area contributed by atoms with Crippen molar-refractivity contribution in [2.75, 3.05) is 11.1 Å². The van der Waals surface area contributed by atoms with Crippen LogP contribution in [0, 0.1) is 13.8 Å². The zero-order valence-corrected chi connectivity index (χ0v) is 13.0. The molecule has 1 aromatic heterocycles. The number of nitrogens with one attached hydrogen (secondary N) is 1. The van der Waals surface area contributed by atoms with Crippen molar-refractivity contribution in [1.82, 2.24) is 4.57 Å². The molecule has 5 nitrogen and oxygen atoms in total. The minimum absolute atomic E-state index is 0.0274. The second-order valence-electron chi connectivity index (χ2n) is 5.02. The largest absolute Gasteiger partial charge is 0.399 e. The number of rotatable bonds is 5. The van der Waals surface area contributed by atoms with Crippen LogP contribution in [-0.4, -0.2) is 10.5 Å². The molecule has 0 fully saturated rings. The standard InChI is InChI=1S/C15H19N3O2S/c1-10-5-6-12(16)8-13(10)17-14(19)4-3-7-18-11(2)9-21-15(18)20/h5-6,8-9H,3-4,7,16H2,1-2H3,(H,17,19). The molecule has 2 rings (SSSR count). The summed E-state index contributed by atoms with van der Waals surface area (Å²) in [5, 5.41) is 4.69. The van der Waals surface area contributed by atoms with Gasteiger partial charge in [0, 0.05) is 35.4 Å². The van der Waals surface area contributed by atoms with Crippen LogP contribution in [0.3, 0.4) is 0 Å². The summed E-state index contributed by atoms with van der Waals surface area (Å²) in [5.74, 6) is -0.0652. The fourth-order valence-electron chi connectivity index (χ4n) is 2.06. The highest BCUT2D eigenvalue weighted by atomic mass is 32.1. The monoisotopic (exact) mass is 305 g/mol. The van der Waals surface area contributed by atoms with Crippen molar-refractivity contribution in [3.63, 3.8) is 0 Å². The summed E-state index contributed by atoms with van der Waals surface area (Å²) in [6.45, 7) is 4.38. The van der Waals surface area contributed by atoms with Crippen molar-refractivity contribution in [3.8, 4) is 0 Å². The number of carbonyl (C=O) groups is 1. The third kappa shape index (κ3) is 3.95. The smallest absolute Gasteiger partial charge is 0.307 e. The molecule has 6 heteroatoms. The second kappa shape index (κ2) is 6.58. The van der Waals surface area contributed by atoms with Crippen molar-refractivity contribution < 1.29 is 4.79 Å². The molecule has 0 radical (unpaired) electrons. The molecular formula is C15H19N3O2S. The lowest BCUT2D eigenvalue weighted by atomic mass is 10.1. The van der Waals surface area contributed by atoms with E-state index in [0.717, 1.165) is 16.9 Å². The van der Waals surface area contributed by atoms with Gasteiger partial charge in [-0.05, 0) is 38.0 Å². The number of aryl methyl sites for hydroxylation is 2. The van der Waals surface area contributed by atoms with Gasteiger partial charge in [0.15, 0.2) is 0 Å². The van der Waals surface area contributed by atoms with Crippen LogP contribution in [0.25, 0.3) is 0 Å². The molecule has 3 N–H and O–H groups in total. The van der Waals surface area contributed by atoms with E-state index < -0.39 is 0 Å². The first-order valence-corrected chi connectivity index (χ1v) is 7.66. The fourth-order valence-corrected chi connectivity index (χ4v) is 2.82. The van der Waals surface area contributed by atoms with Gasteiger partial charge in [-0.3, -0.25) is 9.59 Å². The van der Waals surface area contributed by atoms with Crippen LogP contribution in [0.2, 0.25) is 0 Å². The maximum atomic E-state index is 11.9. The summed E-state index contributed by atoms with van der Waals surface area (Å²) in [6.07, 6.45) is 1.00. The molecule has 0 unspecified atom stereocenters. The van der Waals surface area contributed by atoms with Gasteiger partial charge in [0.1, 0.15) is 0 Å². The lowest BCUT2D eigenvalue weighted by Gasteiger charge is -2.09. The Hall–Kier alpha value is -2.08. The molecule has 0 aliphatic carbocycles. The summed E-state index contributed by atoms with van der Waals surface area (Å²) >= 11 is 1.19. The first kappa shape index (κ1) is 15.3. The average molecular weight is 305 g/mol. The minimum atomic E-state index is -0.0652. The molecule has 0 atom stereocenters. The number of hydrogen-bond donors (Lipinski definition) is 2. The van der Waals surface area contributed by atoms with Crippen molar-refractivity contribution in [2.45, 2.75) is 33.2 Å². The number of thiazole rings is 1. The number of nitrogens with zero attached hydrogens (tertiary/aromatic N) is 1. The van der Waals surface area contributed by atoms with Crippen molar-refractivity contribution in [3.05, 3.63) is 44.5 Å². The van der Waals surface area contributed by atoms with Crippen molar-refractivity contribution in [1.29, 1.82) is 0 Å². The maximum Gasteiger partial charge on any atom is 0.307 e. The van der Waals surface area contributed by atoms with Gasteiger partial charge in [-0.25, -0.2) is 0 Å². The highest BCUT2D eigenvalue weighted by molar-refractivity contribution is 7.07. The normalized spacial score (nSPS) is 10.6. The summed E-state index contributed by atoms with van der Waals surface area (Å²) in [5.41, 5.74) is 8.99. The summed E-state index contributed by atoms with van der Waals surface area (Å²) < 4.78 is 1.70. The zero-order valence-electron chi connectivity index (χ0n) is 12.2. The van der Waals surface area contributed by atoms with Gasteiger partial charge < -0.3 is 15.6 Å². The first-order chi connectivity index (χ1) is 9.97. The molecule has 112 valence electrons. The van der Waals surface area contributed by atoms with E-state index in [-0.39, 0.29) is 10.8 Å². The Labute approximate surface area is 127 Å². The molecule has 0 spiro atoms. The van der Waals surface area contributed by atoms with Crippen LogP contribution in [0.5, 0.6) is 0 Å². The maximum absolute atomic E-state index is 11.9. The average Bonchev–Trinajstić information content (AvgIpc) is 2.74. The van der Waals surface area contributed by atoms with Crippen LogP contribution in [0.1, 0.15) is 24.1 Å². The number of carbonyl (C=O) groups excluding carboxylic acids is 1. The lowest BCUT2D eigenvalue weighted by molar-refractivity contribution is -0.116. The highest BCUT2D eigenvalue weighted by Crippen LogP contribution is 2.18. The Morgan fingerprint density at radius 1 is 1.38 bits per heavy atom. The van der Waals surface area contributed by atoms with E-state index in [9.17, 15) is 9.59 Å². The Kier molecular flexibility index (Phi) is 4.80. The van der Waals surface area contributed by atoms with Crippen molar-refractivity contribution >= 4 is 28.6 Å². The SMILES string of the molecule is Cc1ccc(N)cc1NC(=O)CCCn1c(C)csc1=O. The molecule has 0 saturated heterocycles. The molecule has 0 aliphatic rings. The molecule has 21 heavy (non-hydrogen) atoms. The van der Waals surface area contributed by atoms with Gasteiger partial charge in [-0.2, -0.15) is 0 Å². The Bertz CT molecular complexity index is 703. The van der Waals surface area contributed by atoms with E-state index in [1.807, 2.05) is 25.3 Å². The predicted octanol–water partition coefficient (Wildman–Crippen LogP) is 2.53. The molecule has 0 saturated carbocycles. The number of hydrogen-bond acceptors (Lipinski definition) is 4. The van der Waals surface area contributed by atoms with Crippen LogP contribution in [-0.2, 0) is 11.3 Å². The van der Waals surface area contributed by atoms with Gasteiger partial charge in [-0.15, -0.1) is 0 Å². The van der Waals surface area contributed by atoms with Crippen LogP contribution in [0.15, 0.2) is 28.4 Å². The van der Waals surface area contributed by atoms with E-state index >= 15 is 0 Å². The van der Waals surface area contributed by atoms with Gasteiger partial charge in [0.05, 0.1) is 0 Å². The van der Waals surface area contributed by atoms with E-state index in [1.54, 1.807) is 16.7 Å². The van der Waals surface area contributed by atoms with Gasteiger partial charge in [0.2, 0.25) is 5.91 Å². The topological polar surface area (TPSA) is 77.1 Å². The van der Waals surface area contributed by atoms with E-state index in [1.165, 1.54) is 11.3 Å². The number of benzene rings is 1. The number of anilines is 2. The lowest BCUT2D eigenvalue weighted by Crippen LogP contribution is -2.17. The minimum Gasteiger partial charge on any atom is -0.399 e. The first-order valence-electron chi connectivity index (χ1n) is 6.78. The number of nitrogens with two attached hydrogens (primary N) is 1. The van der Waals surface area contributed by atoms with Gasteiger partial charge in [0.25, 0.3) is 0 Å². The molecule has 1 heterocycles. The number of aromatic nitrogens is 1. The Morgan fingerprint density at radius 2 is 2.14 bits per heavy atom. The van der Waals surface area contributed by atoms with Gasteiger partial charge in [-0.1, -0.05) is 17.4 Å². The molecule has 0 aliphatic heterocycles. The van der Waals surface area contributed by atoms with E-state index in [4.69, 9.17) is 5.73 Å². The molecule has 1 aromatic carbocycles. The molecule has 2 aromatic rings. The van der Waals surface area contributed by atoms with E-state index in [0.29, 0.717) is 25.1 Å². The molecule has 1 amide bonds. The number of amides is 1. The second-order valence-corrected chi connectivity index (χ2v) is 5.84. The zero-order chi connectivity index (χ0) is 15.4.